The van der Waals surface area contributed by atoms with Crippen molar-refractivity contribution in [1.82, 2.24) is 15.5 Å². The molecule has 0 radical (unpaired) electrons. The van der Waals surface area contributed by atoms with Crippen LogP contribution in [-0.2, 0) is 29.0 Å². The van der Waals surface area contributed by atoms with E-state index in [0.29, 0.717) is 12.1 Å². The molecule has 1 aromatic heterocycles. The summed E-state index contributed by atoms with van der Waals surface area (Å²) in [6, 6.07) is 17.2. The van der Waals surface area contributed by atoms with Crippen LogP contribution in [0.3, 0.4) is 0 Å². The second-order valence-corrected chi connectivity index (χ2v) is 13.2. The highest BCUT2D eigenvalue weighted by Crippen LogP contribution is 2.40. The molecular weight excluding hydrogens is 544 g/mol. The molecule has 3 heterocycles. The highest BCUT2D eigenvalue weighted by Gasteiger charge is 2.49. The van der Waals surface area contributed by atoms with E-state index < -0.39 is 28.8 Å². The molecule has 2 aliphatic heterocycles. The highest BCUT2D eigenvalue weighted by molar-refractivity contribution is 8.00. The van der Waals surface area contributed by atoms with Crippen molar-refractivity contribution < 1.29 is 19.5 Å². The number of carbonyl (C=O) groups is 3. The van der Waals surface area contributed by atoms with Crippen molar-refractivity contribution in [1.29, 1.82) is 0 Å². The zero-order chi connectivity index (χ0) is 28.3. The molecule has 1 fully saturated rings. The maximum Gasteiger partial charge on any atom is 0.254 e. The molecule has 10 heteroatoms. The number of anilines is 1. The average Bonchev–Trinajstić information content (AvgIpc) is 3.71. The standard InChI is InChI=1S/C30H34N4O4S2/c1-30(2)26(28(37)32-17-20-10-7-15-39-20)34(18-40-30)29(38)25(35)24(16-19-8-4-3-5-9-19)33-27(36)22-11-6-12-23-21(22)13-14-31-23/h3-12,15,24-26,31,35H,13-14,16-18H2,1-2H3,(H,32,37)(H,33,36)/t24-,25-,26?/m0/s1. The summed E-state index contributed by atoms with van der Waals surface area (Å²) in [6.07, 6.45) is -0.556. The molecule has 0 aliphatic carbocycles. The Hall–Kier alpha value is -3.34. The highest BCUT2D eigenvalue weighted by atomic mass is 32.2. The summed E-state index contributed by atoms with van der Waals surface area (Å²) in [6.45, 7) is 4.99. The van der Waals surface area contributed by atoms with Crippen molar-refractivity contribution in [3.05, 3.63) is 87.6 Å². The molecule has 8 nitrogen and oxygen atoms in total. The van der Waals surface area contributed by atoms with Crippen molar-refractivity contribution >= 4 is 46.5 Å². The Morgan fingerprint density at radius 1 is 1.10 bits per heavy atom. The number of thiophene rings is 1. The van der Waals surface area contributed by atoms with Gasteiger partial charge in [-0.25, -0.2) is 0 Å². The predicted octanol–water partition coefficient (Wildman–Crippen LogP) is 3.41. The molecule has 210 valence electrons. The second-order valence-electron chi connectivity index (χ2n) is 10.6. The zero-order valence-electron chi connectivity index (χ0n) is 22.6. The lowest BCUT2D eigenvalue weighted by molar-refractivity contribution is -0.147. The van der Waals surface area contributed by atoms with E-state index in [4.69, 9.17) is 0 Å². The maximum absolute atomic E-state index is 13.8. The van der Waals surface area contributed by atoms with Crippen molar-refractivity contribution in [2.24, 2.45) is 0 Å². The largest absolute Gasteiger partial charge is 0.384 e. The molecule has 4 N–H and O–H groups in total. The summed E-state index contributed by atoms with van der Waals surface area (Å²) in [5.74, 6) is -0.908. The van der Waals surface area contributed by atoms with Gasteiger partial charge in [-0.15, -0.1) is 23.1 Å². The van der Waals surface area contributed by atoms with E-state index >= 15 is 0 Å². The van der Waals surface area contributed by atoms with Crippen LogP contribution in [0.5, 0.6) is 0 Å². The molecule has 3 amide bonds. The third kappa shape index (κ3) is 6.04. The number of aliphatic hydroxyl groups is 1. The molecule has 3 aromatic rings. The van der Waals surface area contributed by atoms with Crippen LogP contribution in [0.1, 0.15) is 40.2 Å². The fourth-order valence-electron chi connectivity index (χ4n) is 5.35. The van der Waals surface area contributed by atoms with Gasteiger partial charge in [-0.1, -0.05) is 42.5 Å². The fourth-order valence-corrected chi connectivity index (χ4v) is 7.14. The van der Waals surface area contributed by atoms with Gasteiger partial charge in [-0.3, -0.25) is 14.4 Å². The molecule has 1 saturated heterocycles. The van der Waals surface area contributed by atoms with Crippen LogP contribution < -0.4 is 16.0 Å². The number of amides is 3. The van der Waals surface area contributed by atoms with Gasteiger partial charge in [0.15, 0.2) is 6.10 Å². The summed E-state index contributed by atoms with van der Waals surface area (Å²) >= 11 is 3.05. The first-order valence-electron chi connectivity index (χ1n) is 13.4. The minimum Gasteiger partial charge on any atom is -0.384 e. The molecule has 5 rings (SSSR count). The van der Waals surface area contributed by atoms with Gasteiger partial charge in [-0.05, 0) is 61.4 Å². The lowest BCUT2D eigenvalue weighted by atomic mass is 9.96. The van der Waals surface area contributed by atoms with Crippen LogP contribution in [0, 0.1) is 0 Å². The molecule has 40 heavy (non-hydrogen) atoms. The summed E-state index contributed by atoms with van der Waals surface area (Å²) in [5.41, 5.74) is 3.26. The molecule has 2 aliphatic rings. The first-order valence-corrected chi connectivity index (χ1v) is 15.2. The van der Waals surface area contributed by atoms with Crippen LogP contribution in [0.4, 0.5) is 5.69 Å². The van der Waals surface area contributed by atoms with Crippen molar-refractivity contribution in [2.45, 2.75) is 56.2 Å². The minimum atomic E-state index is -1.54. The van der Waals surface area contributed by atoms with Gasteiger partial charge in [-0.2, -0.15) is 0 Å². The number of aliphatic hydroxyl groups excluding tert-OH is 1. The average molecular weight is 579 g/mol. The van der Waals surface area contributed by atoms with Crippen molar-refractivity contribution in [2.75, 3.05) is 17.7 Å². The molecular formula is C30H34N4O4S2. The van der Waals surface area contributed by atoms with Crippen LogP contribution in [0.15, 0.2) is 66.0 Å². The molecule has 1 unspecified atom stereocenters. The van der Waals surface area contributed by atoms with Crippen LogP contribution >= 0.6 is 23.1 Å². The SMILES string of the molecule is CC1(C)SCN(C(=O)[C@@H](O)[C@H](Cc2ccccc2)NC(=O)c2cccc3c2CCN3)C1C(=O)NCc1cccs1. The van der Waals surface area contributed by atoms with E-state index in [2.05, 4.69) is 16.0 Å². The zero-order valence-corrected chi connectivity index (χ0v) is 24.2. The third-order valence-electron chi connectivity index (χ3n) is 7.45. The smallest absolute Gasteiger partial charge is 0.254 e. The summed E-state index contributed by atoms with van der Waals surface area (Å²) in [7, 11) is 0. The van der Waals surface area contributed by atoms with Crippen LogP contribution in [-0.4, -0.2) is 63.1 Å². The monoisotopic (exact) mass is 578 g/mol. The van der Waals surface area contributed by atoms with E-state index in [1.807, 2.05) is 73.8 Å². The van der Waals surface area contributed by atoms with E-state index in [9.17, 15) is 19.5 Å². The maximum atomic E-state index is 13.8. The van der Waals surface area contributed by atoms with Crippen molar-refractivity contribution in [3.63, 3.8) is 0 Å². The third-order valence-corrected chi connectivity index (χ3v) is 9.71. The Balaban J connectivity index is 1.36. The Labute approximate surface area is 242 Å². The van der Waals surface area contributed by atoms with Gasteiger partial charge in [0.25, 0.3) is 11.8 Å². The number of benzene rings is 2. The number of carbonyl (C=O) groups excluding carboxylic acids is 3. The van der Waals surface area contributed by atoms with Gasteiger partial charge in [0.05, 0.1) is 18.5 Å². The molecule has 3 atom stereocenters. The van der Waals surface area contributed by atoms with E-state index in [-0.39, 0.29) is 24.1 Å². The van der Waals surface area contributed by atoms with Crippen molar-refractivity contribution in [3.8, 4) is 0 Å². The number of hydrogen-bond acceptors (Lipinski definition) is 7. The number of fused-ring (bicyclic) bond motifs is 1. The first-order chi connectivity index (χ1) is 19.2. The number of nitrogens with zero attached hydrogens (tertiary/aromatic N) is 1. The Bertz CT molecular complexity index is 1360. The minimum absolute atomic E-state index is 0.256. The lowest BCUT2D eigenvalue weighted by Crippen LogP contribution is -2.58. The number of thioether (sulfide) groups is 1. The summed E-state index contributed by atoms with van der Waals surface area (Å²) < 4.78 is -0.551. The van der Waals surface area contributed by atoms with E-state index in [1.165, 1.54) is 16.7 Å². The Kier molecular flexibility index (Phi) is 8.48. The molecule has 0 spiro atoms. The topological polar surface area (TPSA) is 111 Å². The number of rotatable bonds is 9. The Morgan fingerprint density at radius 2 is 1.90 bits per heavy atom. The molecule has 0 bridgehead atoms. The van der Waals surface area contributed by atoms with E-state index in [0.717, 1.165) is 34.7 Å². The van der Waals surface area contributed by atoms with Gasteiger partial charge in [0, 0.05) is 27.4 Å². The quantitative estimate of drug-likeness (QED) is 0.310. The lowest BCUT2D eigenvalue weighted by Gasteiger charge is -2.33. The van der Waals surface area contributed by atoms with Gasteiger partial charge >= 0.3 is 0 Å². The molecule has 2 aromatic carbocycles. The van der Waals surface area contributed by atoms with Gasteiger partial charge in [0.1, 0.15) is 6.04 Å². The summed E-state index contributed by atoms with van der Waals surface area (Å²) in [4.78, 5) is 43.1. The van der Waals surface area contributed by atoms with Gasteiger partial charge < -0.3 is 26.0 Å². The number of hydrogen-bond donors (Lipinski definition) is 4. The normalized spacial score (nSPS) is 18.9. The van der Waals surface area contributed by atoms with Crippen LogP contribution in [0.2, 0.25) is 0 Å². The predicted molar refractivity (Wildman–Crippen MR) is 159 cm³/mol. The number of nitrogens with one attached hydrogen (secondary N) is 3. The van der Waals surface area contributed by atoms with E-state index in [1.54, 1.807) is 17.4 Å². The van der Waals surface area contributed by atoms with Gasteiger partial charge in [0.2, 0.25) is 5.91 Å². The second kappa shape index (κ2) is 12.0. The first kappa shape index (κ1) is 28.2. The summed E-state index contributed by atoms with van der Waals surface area (Å²) in [5, 5.41) is 22.6. The van der Waals surface area contributed by atoms with Crippen LogP contribution in [0.25, 0.3) is 0 Å². The Morgan fingerprint density at radius 3 is 2.65 bits per heavy atom. The fraction of sp³-hybridized carbons (Fsp3) is 0.367. The molecule has 0 saturated carbocycles.